The molecule has 1 fully saturated rings. The van der Waals surface area contributed by atoms with Crippen LogP contribution in [-0.2, 0) is 17.9 Å². The fourth-order valence-corrected chi connectivity index (χ4v) is 5.16. The first-order chi connectivity index (χ1) is 13.7. The molecule has 0 radical (unpaired) electrons. The summed E-state index contributed by atoms with van der Waals surface area (Å²) in [5.74, 6) is 2.43. The average Bonchev–Trinajstić information content (AvgIpc) is 3.30. The molecule has 1 saturated heterocycles. The van der Waals surface area contributed by atoms with Crippen molar-refractivity contribution < 1.29 is 9.21 Å². The molecule has 4 nitrogen and oxygen atoms in total. The average molecular weight is 397 g/mol. The third-order valence-electron chi connectivity index (χ3n) is 5.49. The van der Waals surface area contributed by atoms with Gasteiger partial charge in [0, 0.05) is 29.1 Å². The van der Waals surface area contributed by atoms with Crippen LogP contribution in [0.2, 0.25) is 0 Å². The van der Waals surface area contributed by atoms with Gasteiger partial charge in [-0.1, -0.05) is 18.2 Å². The Bertz CT molecular complexity index is 896. The Labute approximate surface area is 170 Å². The minimum absolute atomic E-state index is 0.121. The Morgan fingerprint density at radius 2 is 2.18 bits per heavy atom. The van der Waals surface area contributed by atoms with Gasteiger partial charge in [0.05, 0.1) is 6.54 Å². The number of nitrogens with one attached hydrogen (secondary N) is 1. The number of furan rings is 1. The molecule has 28 heavy (non-hydrogen) atoms. The van der Waals surface area contributed by atoms with Crippen molar-refractivity contribution in [1.82, 2.24) is 10.2 Å². The van der Waals surface area contributed by atoms with Crippen LogP contribution in [0.15, 0.2) is 46.9 Å². The largest absolute Gasteiger partial charge is 0.465 e. The van der Waals surface area contributed by atoms with Crippen LogP contribution in [0.3, 0.4) is 0 Å². The van der Waals surface area contributed by atoms with Crippen molar-refractivity contribution in [2.24, 2.45) is 5.92 Å². The number of hydrogen-bond donors (Lipinski definition) is 1. The molecule has 2 aromatic heterocycles. The van der Waals surface area contributed by atoms with Gasteiger partial charge in [-0.15, -0.1) is 11.3 Å². The van der Waals surface area contributed by atoms with E-state index in [4.69, 9.17) is 4.42 Å². The number of aryl methyl sites for hydroxylation is 1. The van der Waals surface area contributed by atoms with E-state index < -0.39 is 0 Å². The molecule has 0 aliphatic carbocycles. The Hall–Kier alpha value is -2.11. The molecule has 0 unspecified atom stereocenters. The maximum atomic E-state index is 12.2. The number of carbonyl (C=O) groups excluding carboxylic acids is 1. The van der Waals surface area contributed by atoms with Gasteiger partial charge < -0.3 is 9.73 Å². The summed E-state index contributed by atoms with van der Waals surface area (Å²) in [6.45, 7) is 5.68. The summed E-state index contributed by atoms with van der Waals surface area (Å²) in [6.07, 6.45) is 4.02. The molecule has 3 aromatic rings. The number of fused-ring (bicyclic) bond motifs is 1. The van der Waals surface area contributed by atoms with Crippen LogP contribution in [-0.4, -0.2) is 23.9 Å². The first-order valence-corrected chi connectivity index (χ1v) is 11.0. The van der Waals surface area contributed by atoms with E-state index in [1.54, 1.807) is 0 Å². The molecule has 0 saturated carbocycles. The van der Waals surface area contributed by atoms with E-state index in [0.717, 1.165) is 37.6 Å². The molecule has 1 aliphatic heterocycles. The van der Waals surface area contributed by atoms with Gasteiger partial charge in [-0.2, -0.15) is 0 Å². The number of piperidine rings is 1. The molecule has 0 spiro atoms. The van der Waals surface area contributed by atoms with Crippen molar-refractivity contribution in [2.75, 3.05) is 13.1 Å². The Morgan fingerprint density at radius 3 is 3.00 bits per heavy atom. The highest BCUT2D eigenvalue weighted by molar-refractivity contribution is 7.19. The maximum absolute atomic E-state index is 12.2. The summed E-state index contributed by atoms with van der Waals surface area (Å²) >= 11 is 1.90. The smallest absolute Gasteiger partial charge is 0.220 e. The number of amides is 1. The molecule has 4 rings (SSSR count). The molecule has 148 valence electrons. The van der Waals surface area contributed by atoms with Crippen molar-refractivity contribution in [2.45, 2.75) is 45.7 Å². The van der Waals surface area contributed by atoms with Crippen LogP contribution in [0, 0.1) is 12.8 Å². The quantitative estimate of drug-likeness (QED) is 0.603. The van der Waals surface area contributed by atoms with Crippen molar-refractivity contribution in [1.29, 1.82) is 0 Å². The number of thiophene rings is 1. The lowest BCUT2D eigenvalue weighted by Gasteiger charge is -2.32. The summed E-state index contributed by atoms with van der Waals surface area (Å²) in [5.41, 5.74) is 0. The SMILES string of the molecule is Cc1ccc(CNC(=O)CC[C@@H]2CCCN(Cc3cc4ccccc4s3)C2)o1. The van der Waals surface area contributed by atoms with Crippen LogP contribution in [0.4, 0.5) is 0 Å². The first kappa shape index (κ1) is 19.2. The van der Waals surface area contributed by atoms with Crippen LogP contribution < -0.4 is 5.32 Å². The predicted octanol–water partition coefficient (Wildman–Crippen LogP) is 5.11. The molecule has 3 heterocycles. The highest BCUT2D eigenvalue weighted by Gasteiger charge is 2.21. The molecular formula is C23H28N2O2S. The van der Waals surface area contributed by atoms with E-state index in [-0.39, 0.29) is 5.91 Å². The van der Waals surface area contributed by atoms with Crippen molar-refractivity contribution in [3.8, 4) is 0 Å². The maximum Gasteiger partial charge on any atom is 0.220 e. The lowest BCUT2D eigenvalue weighted by atomic mass is 9.93. The number of carbonyl (C=O) groups is 1. The van der Waals surface area contributed by atoms with Gasteiger partial charge in [-0.25, -0.2) is 0 Å². The lowest BCUT2D eigenvalue weighted by molar-refractivity contribution is -0.121. The van der Waals surface area contributed by atoms with Gasteiger partial charge in [0.15, 0.2) is 0 Å². The van der Waals surface area contributed by atoms with E-state index in [9.17, 15) is 4.79 Å². The molecule has 5 heteroatoms. The summed E-state index contributed by atoms with van der Waals surface area (Å²) in [7, 11) is 0. The van der Waals surface area contributed by atoms with E-state index in [1.807, 2.05) is 30.4 Å². The molecule has 1 N–H and O–H groups in total. The summed E-state index contributed by atoms with van der Waals surface area (Å²) in [4.78, 5) is 16.2. The molecule has 1 aromatic carbocycles. The van der Waals surface area contributed by atoms with E-state index in [0.29, 0.717) is 18.9 Å². The minimum atomic E-state index is 0.121. The molecular weight excluding hydrogens is 368 g/mol. The summed E-state index contributed by atoms with van der Waals surface area (Å²) in [6, 6.07) is 14.8. The monoisotopic (exact) mass is 396 g/mol. The highest BCUT2D eigenvalue weighted by Crippen LogP contribution is 2.28. The van der Waals surface area contributed by atoms with E-state index in [2.05, 4.69) is 40.5 Å². The molecule has 1 atom stereocenters. The number of nitrogens with zero attached hydrogens (tertiary/aromatic N) is 1. The zero-order chi connectivity index (χ0) is 19.3. The molecule has 0 bridgehead atoms. The third-order valence-corrected chi connectivity index (χ3v) is 6.60. The van der Waals surface area contributed by atoms with Crippen LogP contribution >= 0.6 is 11.3 Å². The van der Waals surface area contributed by atoms with Gasteiger partial charge >= 0.3 is 0 Å². The lowest BCUT2D eigenvalue weighted by Crippen LogP contribution is -2.35. The Morgan fingerprint density at radius 1 is 1.29 bits per heavy atom. The predicted molar refractivity (Wildman–Crippen MR) is 114 cm³/mol. The van der Waals surface area contributed by atoms with Gasteiger partial charge in [-0.05, 0) is 68.3 Å². The van der Waals surface area contributed by atoms with Gasteiger partial charge in [0.25, 0.3) is 0 Å². The van der Waals surface area contributed by atoms with Crippen LogP contribution in [0.5, 0.6) is 0 Å². The molecule has 1 amide bonds. The topological polar surface area (TPSA) is 45.5 Å². The second kappa shape index (κ2) is 8.93. The van der Waals surface area contributed by atoms with Gasteiger partial charge in [0.1, 0.15) is 11.5 Å². The summed E-state index contributed by atoms with van der Waals surface area (Å²) < 4.78 is 6.87. The zero-order valence-electron chi connectivity index (χ0n) is 16.4. The second-order valence-corrected chi connectivity index (χ2v) is 8.99. The Balaban J connectivity index is 1.22. The Kier molecular flexibility index (Phi) is 6.13. The van der Waals surface area contributed by atoms with Crippen LogP contribution in [0.25, 0.3) is 10.1 Å². The zero-order valence-corrected chi connectivity index (χ0v) is 17.3. The normalized spacial score (nSPS) is 17.8. The third kappa shape index (κ3) is 5.03. The van der Waals surface area contributed by atoms with Crippen molar-refractivity contribution in [3.05, 3.63) is 58.9 Å². The second-order valence-electron chi connectivity index (χ2n) is 7.82. The number of hydrogen-bond acceptors (Lipinski definition) is 4. The van der Waals surface area contributed by atoms with Crippen molar-refractivity contribution in [3.63, 3.8) is 0 Å². The molecule has 1 aliphatic rings. The van der Waals surface area contributed by atoms with E-state index >= 15 is 0 Å². The number of rotatable bonds is 7. The van der Waals surface area contributed by atoms with Gasteiger partial charge in [0.2, 0.25) is 5.91 Å². The fraction of sp³-hybridized carbons (Fsp3) is 0.435. The van der Waals surface area contributed by atoms with E-state index in [1.165, 1.54) is 27.8 Å². The van der Waals surface area contributed by atoms with Gasteiger partial charge in [-0.3, -0.25) is 9.69 Å². The highest BCUT2D eigenvalue weighted by atomic mass is 32.1. The van der Waals surface area contributed by atoms with Crippen molar-refractivity contribution >= 4 is 27.3 Å². The fourth-order valence-electron chi connectivity index (χ4n) is 4.06. The standard InChI is InChI=1S/C23H28N2O2S/c1-17-8-10-20(27-17)14-24-23(26)11-9-18-5-4-12-25(15-18)16-21-13-19-6-2-3-7-22(19)28-21/h2-3,6-8,10,13,18H,4-5,9,11-12,14-16H2,1H3,(H,24,26)/t18-/m0/s1. The van der Waals surface area contributed by atoms with Crippen LogP contribution in [0.1, 0.15) is 42.1 Å². The number of benzene rings is 1. The summed E-state index contributed by atoms with van der Waals surface area (Å²) in [5, 5.41) is 4.32. The minimum Gasteiger partial charge on any atom is -0.465 e. The number of likely N-dealkylation sites (tertiary alicyclic amines) is 1. The first-order valence-electron chi connectivity index (χ1n) is 10.2.